The van der Waals surface area contributed by atoms with Crippen molar-refractivity contribution in [3.63, 3.8) is 0 Å². The molecule has 0 unspecified atom stereocenters. The second-order valence-electron chi connectivity index (χ2n) is 5.11. The van der Waals surface area contributed by atoms with Crippen LogP contribution in [-0.4, -0.2) is 21.0 Å². The van der Waals surface area contributed by atoms with E-state index in [2.05, 4.69) is 32.9 Å². The summed E-state index contributed by atoms with van der Waals surface area (Å²) in [5, 5.41) is 8.02. The summed E-state index contributed by atoms with van der Waals surface area (Å²) >= 11 is 2.24. The molecule has 0 fully saturated rings. The zero-order valence-corrected chi connectivity index (χ0v) is 14.8. The third-order valence-electron chi connectivity index (χ3n) is 3.39. The lowest BCUT2D eigenvalue weighted by Crippen LogP contribution is -2.11. The van der Waals surface area contributed by atoms with Crippen LogP contribution in [0.1, 0.15) is 21.7 Å². The first-order valence-electron chi connectivity index (χ1n) is 7.01. The van der Waals surface area contributed by atoms with E-state index in [-0.39, 0.29) is 5.69 Å². The van der Waals surface area contributed by atoms with Crippen LogP contribution in [0, 0.1) is 17.4 Å². The molecular weight excluding hydrogens is 405 g/mol. The van der Waals surface area contributed by atoms with Gasteiger partial charge in [-0.1, -0.05) is 22.9 Å². The van der Waals surface area contributed by atoms with Crippen LogP contribution in [0.15, 0.2) is 48.5 Å². The maximum absolute atomic E-state index is 12.3. The minimum atomic E-state index is -0.511. The van der Waals surface area contributed by atoms with E-state index in [1.54, 1.807) is 23.7 Å². The minimum Gasteiger partial charge on any atom is -0.422 e. The zero-order chi connectivity index (χ0) is 16.4. The fourth-order valence-electron chi connectivity index (χ4n) is 2.11. The van der Waals surface area contributed by atoms with Gasteiger partial charge in [0, 0.05) is 3.57 Å². The van der Waals surface area contributed by atoms with Gasteiger partial charge in [-0.25, -0.2) is 9.48 Å². The molecule has 1 heterocycles. The number of nitrogens with zero attached hydrogens (tertiary/aromatic N) is 3. The van der Waals surface area contributed by atoms with Gasteiger partial charge in [-0.15, -0.1) is 5.10 Å². The molecule has 23 heavy (non-hydrogen) atoms. The molecule has 0 saturated carbocycles. The normalized spacial score (nSPS) is 10.6. The highest BCUT2D eigenvalue weighted by Crippen LogP contribution is 2.17. The van der Waals surface area contributed by atoms with Crippen LogP contribution in [0.3, 0.4) is 0 Å². The second-order valence-corrected chi connectivity index (χ2v) is 6.36. The number of hydrogen-bond donors (Lipinski definition) is 0. The van der Waals surface area contributed by atoms with Crippen molar-refractivity contribution in [3.8, 4) is 11.4 Å². The second kappa shape index (κ2) is 6.49. The highest BCUT2D eigenvalue weighted by atomic mass is 127. The first-order chi connectivity index (χ1) is 11.0. The Bertz CT molecular complexity index is 839. The Morgan fingerprint density at radius 3 is 2.35 bits per heavy atom. The SMILES string of the molecule is Cc1ccc(OC(=O)c2nnn(-c3ccc(I)cc3)c2C)cc1. The summed E-state index contributed by atoms with van der Waals surface area (Å²) in [5.74, 6) is -0.0214. The van der Waals surface area contributed by atoms with Crippen molar-refractivity contribution in [2.24, 2.45) is 0 Å². The van der Waals surface area contributed by atoms with Crippen molar-refractivity contribution in [1.82, 2.24) is 15.0 Å². The maximum Gasteiger partial charge on any atom is 0.366 e. The third-order valence-corrected chi connectivity index (χ3v) is 4.11. The first-order valence-corrected chi connectivity index (χ1v) is 8.09. The molecule has 5 nitrogen and oxygen atoms in total. The molecule has 2 aromatic carbocycles. The van der Waals surface area contributed by atoms with E-state index in [1.165, 1.54) is 0 Å². The molecule has 116 valence electrons. The molecule has 0 bridgehead atoms. The van der Waals surface area contributed by atoms with Crippen LogP contribution in [0.4, 0.5) is 0 Å². The van der Waals surface area contributed by atoms with Gasteiger partial charge >= 0.3 is 5.97 Å². The highest BCUT2D eigenvalue weighted by Gasteiger charge is 2.19. The van der Waals surface area contributed by atoms with Crippen molar-refractivity contribution < 1.29 is 9.53 Å². The Balaban J connectivity index is 1.85. The smallest absolute Gasteiger partial charge is 0.366 e. The lowest BCUT2D eigenvalue weighted by atomic mass is 10.2. The van der Waals surface area contributed by atoms with Crippen molar-refractivity contribution in [1.29, 1.82) is 0 Å². The Morgan fingerprint density at radius 2 is 1.70 bits per heavy atom. The largest absolute Gasteiger partial charge is 0.422 e. The number of halogens is 1. The van der Waals surface area contributed by atoms with E-state index in [0.29, 0.717) is 11.4 Å². The van der Waals surface area contributed by atoms with Crippen LogP contribution >= 0.6 is 22.6 Å². The van der Waals surface area contributed by atoms with Gasteiger partial charge in [0.15, 0.2) is 5.69 Å². The summed E-state index contributed by atoms with van der Waals surface area (Å²) < 4.78 is 8.10. The Kier molecular flexibility index (Phi) is 4.42. The average Bonchev–Trinajstić information content (AvgIpc) is 2.92. The van der Waals surface area contributed by atoms with Gasteiger partial charge in [0.2, 0.25) is 0 Å². The van der Waals surface area contributed by atoms with Crippen LogP contribution in [0.2, 0.25) is 0 Å². The average molecular weight is 419 g/mol. The maximum atomic E-state index is 12.3. The van der Waals surface area contributed by atoms with E-state index in [9.17, 15) is 4.79 Å². The number of carbonyl (C=O) groups excluding carboxylic acids is 1. The number of rotatable bonds is 3. The summed E-state index contributed by atoms with van der Waals surface area (Å²) in [4.78, 5) is 12.3. The van der Waals surface area contributed by atoms with E-state index < -0.39 is 5.97 Å². The molecular formula is C17H14IN3O2. The fraction of sp³-hybridized carbons (Fsp3) is 0.118. The molecule has 0 atom stereocenters. The van der Waals surface area contributed by atoms with Crippen LogP contribution < -0.4 is 4.74 Å². The van der Waals surface area contributed by atoms with Crippen LogP contribution in [0.5, 0.6) is 5.75 Å². The highest BCUT2D eigenvalue weighted by molar-refractivity contribution is 14.1. The number of aryl methyl sites for hydroxylation is 1. The molecule has 0 saturated heterocycles. The zero-order valence-electron chi connectivity index (χ0n) is 12.7. The number of benzene rings is 2. The molecule has 0 aliphatic heterocycles. The van der Waals surface area contributed by atoms with Gasteiger partial charge < -0.3 is 4.74 Å². The quantitative estimate of drug-likeness (QED) is 0.369. The molecule has 3 rings (SSSR count). The number of esters is 1. The molecule has 0 radical (unpaired) electrons. The summed E-state index contributed by atoms with van der Waals surface area (Å²) in [6, 6.07) is 15.1. The fourth-order valence-corrected chi connectivity index (χ4v) is 2.47. The van der Waals surface area contributed by atoms with Crippen molar-refractivity contribution in [2.75, 3.05) is 0 Å². The monoisotopic (exact) mass is 419 g/mol. The molecule has 6 heteroatoms. The lowest BCUT2D eigenvalue weighted by Gasteiger charge is -2.05. The summed E-state index contributed by atoms with van der Waals surface area (Å²) in [6.07, 6.45) is 0. The van der Waals surface area contributed by atoms with Crippen molar-refractivity contribution in [2.45, 2.75) is 13.8 Å². The Hall–Kier alpha value is -2.22. The van der Waals surface area contributed by atoms with E-state index in [4.69, 9.17) is 4.74 Å². The lowest BCUT2D eigenvalue weighted by molar-refractivity contribution is 0.0727. The molecule has 0 N–H and O–H groups in total. The van der Waals surface area contributed by atoms with Crippen molar-refractivity contribution in [3.05, 3.63) is 69.1 Å². The summed E-state index contributed by atoms with van der Waals surface area (Å²) in [5.41, 5.74) is 2.81. The molecule has 0 aliphatic carbocycles. The van der Waals surface area contributed by atoms with Gasteiger partial charge in [-0.3, -0.25) is 0 Å². The Labute approximate surface area is 147 Å². The standard InChI is InChI=1S/C17H14IN3O2/c1-11-3-9-15(10-4-11)23-17(22)16-12(2)21(20-19-16)14-7-5-13(18)6-8-14/h3-10H,1-2H3. The molecule has 0 aliphatic rings. The molecule has 0 amide bonds. The number of carbonyl (C=O) groups is 1. The molecule has 0 spiro atoms. The Morgan fingerprint density at radius 1 is 1.04 bits per heavy atom. The van der Waals surface area contributed by atoms with E-state index in [0.717, 1.165) is 14.8 Å². The van der Waals surface area contributed by atoms with Crippen molar-refractivity contribution >= 4 is 28.6 Å². The van der Waals surface area contributed by atoms with Gasteiger partial charge in [0.05, 0.1) is 11.4 Å². The minimum absolute atomic E-state index is 0.212. The van der Waals surface area contributed by atoms with E-state index >= 15 is 0 Å². The number of aromatic nitrogens is 3. The molecule has 1 aromatic heterocycles. The third kappa shape index (κ3) is 3.42. The van der Waals surface area contributed by atoms with Gasteiger partial charge in [0.25, 0.3) is 0 Å². The number of ether oxygens (including phenoxy) is 1. The van der Waals surface area contributed by atoms with Gasteiger partial charge in [0.1, 0.15) is 5.75 Å². The van der Waals surface area contributed by atoms with Gasteiger partial charge in [-0.2, -0.15) is 0 Å². The van der Waals surface area contributed by atoms with Crippen LogP contribution in [0.25, 0.3) is 5.69 Å². The topological polar surface area (TPSA) is 57.0 Å². The number of hydrogen-bond acceptors (Lipinski definition) is 4. The van der Waals surface area contributed by atoms with E-state index in [1.807, 2.05) is 43.3 Å². The molecule has 3 aromatic rings. The summed E-state index contributed by atoms with van der Waals surface area (Å²) in [6.45, 7) is 3.77. The summed E-state index contributed by atoms with van der Waals surface area (Å²) in [7, 11) is 0. The predicted molar refractivity (Wildman–Crippen MR) is 95.0 cm³/mol. The first kappa shape index (κ1) is 15.7. The predicted octanol–water partition coefficient (Wildman–Crippen LogP) is 3.71. The van der Waals surface area contributed by atoms with Gasteiger partial charge in [-0.05, 0) is 72.8 Å². The van der Waals surface area contributed by atoms with Crippen LogP contribution in [-0.2, 0) is 0 Å².